The summed E-state index contributed by atoms with van der Waals surface area (Å²) in [7, 11) is 1.28. The normalized spacial score (nSPS) is 16.6. The van der Waals surface area contributed by atoms with Crippen LogP contribution in [0.1, 0.15) is 58.8 Å². The SMILES string of the molecule is CCCCCCC(O)C(COP(=O)([O-])OCC[N+](C)(C)C)NC(=O)CCC. The van der Waals surface area contributed by atoms with Gasteiger partial charge in [0.15, 0.2) is 0 Å². The van der Waals surface area contributed by atoms with E-state index in [4.69, 9.17) is 9.05 Å². The van der Waals surface area contributed by atoms with Crippen LogP contribution in [0.2, 0.25) is 0 Å². The number of phosphoric acid groups is 1. The number of aliphatic hydroxyl groups is 1. The first-order valence-electron chi connectivity index (χ1n) is 9.88. The number of likely N-dealkylation sites (N-methyl/N-ethyl adjacent to an activating group) is 1. The van der Waals surface area contributed by atoms with E-state index in [9.17, 15) is 19.4 Å². The van der Waals surface area contributed by atoms with Crippen molar-refractivity contribution in [2.45, 2.75) is 70.9 Å². The van der Waals surface area contributed by atoms with Crippen LogP contribution in [-0.4, -0.2) is 68.5 Å². The first kappa shape index (κ1) is 26.5. The lowest BCUT2D eigenvalue weighted by molar-refractivity contribution is -0.870. The molecular weight excluding hydrogens is 371 g/mol. The summed E-state index contributed by atoms with van der Waals surface area (Å²) in [4.78, 5) is 23.8. The number of nitrogens with zero attached hydrogens (tertiary/aromatic N) is 1. The van der Waals surface area contributed by atoms with E-state index in [1.54, 1.807) is 0 Å². The standard InChI is InChI=1S/C18H39N2O6P/c1-6-8-9-10-12-17(21)16(19-18(22)11-7-2)15-26-27(23,24)25-14-13-20(3,4)5/h16-17,21H,6-15H2,1-5H3,(H-,19,22,23,24). The Morgan fingerprint density at radius 1 is 1.15 bits per heavy atom. The van der Waals surface area contributed by atoms with Crippen LogP contribution in [0.3, 0.4) is 0 Å². The highest BCUT2D eigenvalue weighted by atomic mass is 31.2. The van der Waals surface area contributed by atoms with Gasteiger partial charge in [-0.1, -0.05) is 39.5 Å². The topological polar surface area (TPSA) is 108 Å². The van der Waals surface area contributed by atoms with Gasteiger partial charge < -0.3 is 28.8 Å². The van der Waals surface area contributed by atoms with Crippen LogP contribution in [0.5, 0.6) is 0 Å². The molecular formula is C18H39N2O6P. The van der Waals surface area contributed by atoms with Crippen molar-refractivity contribution in [3.8, 4) is 0 Å². The van der Waals surface area contributed by atoms with E-state index in [2.05, 4.69) is 12.2 Å². The third kappa shape index (κ3) is 15.1. The Bertz CT molecular complexity index is 456. The van der Waals surface area contributed by atoms with Crippen LogP contribution in [0, 0.1) is 0 Å². The summed E-state index contributed by atoms with van der Waals surface area (Å²) in [5.74, 6) is -0.231. The van der Waals surface area contributed by atoms with Crippen LogP contribution < -0.4 is 10.2 Å². The molecule has 9 heteroatoms. The molecule has 3 unspecified atom stereocenters. The summed E-state index contributed by atoms with van der Waals surface area (Å²) < 4.78 is 22.3. The van der Waals surface area contributed by atoms with Crippen LogP contribution in [0.4, 0.5) is 0 Å². The second-order valence-corrected chi connectivity index (χ2v) is 9.34. The molecule has 0 aromatic rings. The maximum absolute atomic E-state index is 11.9. The lowest BCUT2D eigenvalue weighted by atomic mass is 10.0. The Balaban J connectivity index is 4.62. The van der Waals surface area contributed by atoms with E-state index in [0.29, 0.717) is 30.3 Å². The van der Waals surface area contributed by atoms with Crippen LogP contribution in [-0.2, 0) is 18.4 Å². The van der Waals surface area contributed by atoms with Gasteiger partial charge in [-0.05, 0) is 12.8 Å². The fourth-order valence-corrected chi connectivity index (χ4v) is 3.09. The smallest absolute Gasteiger partial charge is 0.268 e. The van der Waals surface area contributed by atoms with Gasteiger partial charge in [-0.3, -0.25) is 9.36 Å². The van der Waals surface area contributed by atoms with Crippen molar-refractivity contribution in [3.05, 3.63) is 0 Å². The summed E-state index contributed by atoms with van der Waals surface area (Å²) in [5.41, 5.74) is 0. The molecule has 1 amide bonds. The van der Waals surface area contributed by atoms with Gasteiger partial charge in [0, 0.05) is 6.42 Å². The molecule has 0 spiro atoms. The summed E-state index contributed by atoms with van der Waals surface area (Å²) in [6.45, 7) is 4.15. The molecule has 3 atom stereocenters. The second kappa shape index (κ2) is 13.6. The van der Waals surface area contributed by atoms with E-state index in [0.717, 1.165) is 25.7 Å². The van der Waals surface area contributed by atoms with Crippen molar-refractivity contribution in [2.24, 2.45) is 0 Å². The number of carbonyl (C=O) groups excluding carboxylic acids is 1. The lowest BCUT2D eigenvalue weighted by Crippen LogP contribution is -2.46. The highest BCUT2D eigenvalue weighted by molar-refractivity contribution is 7.45. The Morgan fingerprint density at radius 2 is 1.81 bits per heavy atom. The molecule has 8 nitrogen and oxygen atoms in total. The van der Waals surface area contributed by atoms with Crippen molar-refractivity contribution in [1.29, 1.82) is 0 Å². The predicted octanol–water partition coefficient (Wildman–Crippen LogP) is 1.81. The zero-order valence-electron chi connectivity index (χ0n) is 17.6. The summed E-state index contributed by atoms with van der Waals surface area (Å²) in [6.07, 6.45) is 4.54. The number of unbranched alkanes of at least 4 members (excludes halogenated alkanes) is 3. The summed E-state index contributed by atoms with van der Waals surface area (Å²) >= 11 is 0. The summed E-state index contributed by atoms with van der Waals surface area (Å²) in [5, 5.41) is 13.1. The van der Waals surface area contributed by atoms with Crippen molar-refractivity contribution in [1.82, 2.24) is 5.32 Å². The number of phosphoric ester groups is 1. The lowest BCUT2D eigenvalue weighted by Gasteiger charge is -2.30. The number of carbonyl (C=O) groups is 1. The number of hydrogen-bond acceptors (Lipinski definition) is 6. The molecule has 27 heavy (non-hydrogen) atoms. The highest BCUT2D eigenvalue weighted by Crippen LogP contribution is 2.38. The minimum Gasteiger partial charge on any atom is -0.756 e. The van der Waals surface area contributed by atoms with Gasteiger partial charge in [0.1, 0.15) is 13.2 Å². The number of aliphatic hydroxyl groups excluding tert-OH is 1. The first-order valence-corrected chi connectivity index (χ1v) is 11.3. The van der Waals surface area contributed by atoms with Gasteiger partial charge in [-0.15, -0.1) is 0 Å². The maximum atomic E-state index is 11.9. The van der Waals surface area contributed by atoms with Crippen molar-refractivity contribution in [3.63, 3.8) is 0 Å². The van der Waals surface area contributed by atoms with Gasteiger partial charge in [-0.2, -0.15) is 0 Å². The van der Waals surface area contributed by atoms with E-state index < -0.39 is 20.0 Å². The quantitative estimate of drug-likeness (QED) is 0.228. The second-order valence-electron chi connectivity index (χ2n) is 7.93. The van der Waals surface area contributed by atoms with E-state index >= 15 is 0 Å². The maximum Gasteiger partial charge on any atom is 0.268 e. The first-order chi connectivity index (χ1) is 12.5. The van der Waals surface area contributed by atoms with Crippen LogP contribution in [0.15, 0.2) is 0 Å². The Labute approximate surface area is 164 Å². The van der Waals surface area contributed by atoms with Gasteiger partial charge in [0.25, 0.3) is 7.82 Å². The largest absolute Gasteiger partial charge is 0.756 e. The van der Waals surface area contributed by atoms with Crippen molar-refractivity contribution >= 4 is 13.7 Å². The van der Waals surface area contributed by atoms with Crippen LogP contribution in [0.25, 0.3) is 0 Å². The molecule has 0 aliphatic heterocycles. The minimum absolute atomic E-state index is 0.0106. The number of rotatable bonds is 16. The van der Waals surface area contributed by atoms with Gasteiger partial charge in [0.05, 0.1) is 39.9 Å². The Hall–Kier alpha value is -0.500. The average Bonchev–Trinajstić information content (AvgIpc) is 2.54. The van der Waals surface area contributed by atoms with E-state index in [-0.39, 0.29) is 19.1 Å². The molecule has 2 N–H and O–H groups in total. The molecule has 162 valence electrons. The highest BCUT2D eigenvalue weighted by Gasteiger charge is 2.24. The molecule has 0 aromatic heterocycles. The van der Waals surface area contributed by atoms with Gasteiger partial charge >= 0.3 is 0 Å². The van der Waals surface area contributed by atoms with Gasteiger partial charge in [0.2, 0.25) is 5.91 Å². The van der Waals surface area contributed by atoms with Crippen molar-refractivity contribution in [2.75, 3.05) is 40.9 Å². The number of amides is 1. The zero-order valence-corrected chi connectivity index (χ0v) is 18.5. The molecule has 0 aliphatic rings. The summed E-state index contributed by atoms with van der Waals surface area (Å²) in [6, 6.07) is -0.782. The fraction of sp³-hybridized carbons (Fsp3) is 0.944. The zero-order chi connectivity index (χ0) is 20.9. The molecule has 0 rings (SSSR count). The molecule has 0 fully saturated rings. The van der Waals surface area contributed by atoms with Gasteiger partial charge in [-0.25, -0.2) is 0 Å². The molecule has 0 aromatic carbocycles. The van der Waals surface area contributed by atoms with E-state index in [1.807, 2.05) is 28.1 Å². The molecule has 0 aliphatic carbocycles. The molecule has 0 heterocycles. The number of hydrogen-bond donors (Lipinski definition) is 2. The molecule has 0 radical (unpaired) electrons. The van der Waals surface area contributed by atoms with Crippen molar-refractivity contribution < 1.29 is 32.9 Å². The monoisotopic (exact) mass is 410 g/mol. The average molecular weight is 410 g/mol. The third-order valence-electron chi connectivity index (χ3n) is 4.07. The van der Waals surface area contributed by atoms with Crippen LogP contribution >= 0.6 is 7.82 Å². The number of quaternary nitrogens is 1. The predicted molar refractivity (Wildman–Crippen MR) is 104 cm³/mol. The molecule has 0 saturated heterocycles. The molecule has 0 bridgehead atoms. The molecule has 0 saturated carbocycles. The van der Waals surface area contributed by atoms with E-state index in [1.165, 1.54) is 0 Å². The third-order valence-corrected chi connectivity index (χ3v) is 5.03. The number of nitrogens with one attached hydrogen (secondary N) is 1. The Kier molecular flexibility index (Phi) is 13.4. The minimum atomic E-state index is -4.49. The Morgan fingerprint density at radius 3 is 2.37 bits per heavy atom. The fourth-order valence-electron chi connectivity index (χ4n) is 2.37.